The van der Waals surface area contributed by atoms with Crippen LogP contribution >= 0.6 is 0 Å². The number of rotatable bonds is 4. The highest BCUT2D eigenvalue weighted by molar-refractivity contribution is 7.91. The van der Waals surface area contributed by atoms with E-state index in [1.807, 2.05) is 13.8 Å². The van der Waals surface area contributed by atoms with E-state index >= 15 is 0 Å². The molecule has 1 unspecified atom stereocenters. The van der Waals surface area contributed by atoms with Gasteiger partial charge in [0.05, 0.1) is 17.9 Å². The molecule has 7 nitrogen and oxygen atoms in total. The fourth-order valence-electron chi connectivity index (χ4n) is 1.81. The maximum Gasteiger partial charge on any atom is 0.317 e. The minimum atomic E-state index is -3.03. The molecule has 0 aliphatic carbocycles. The van der Waals surface area contributed by atoms with Gasteiger partial charge < -0.3 is 15.3 Å². The summed E-state index contributed by atoms with van der Waals surface area (Å²) in [5, 5.41) is 11.4. The molecule has 1 saturated heterocycles. The van der Waals surface area contributed by atoms with Crippen molar-refractivity contribution in [3.8, 4) is 0 Å². The molecule has 1 fully saturated rings. The fourth-order valence-corrected chi connectivity index (χ4v) is 3.01. The average Bonchev–Trinajstić information content (AvgIpc) is 2.27. The molecule has 0 bridgehead atoms. The van der Waals surface area contributed by atoms with Crippen LogP contribution in [0.4, 0.5) is 4.79 Å². The first-order chi connectivity index (χ1) is 8.71. The third-order valence-corrected chi connectivity index (χ3v) is 4.75. The Bertz CT molecular complexity index is 432. The quantitative estimate of drug-likeness (QED) is 0.754. The van der Waals surface area contributed by atoms with Crippen molar-refractivity contribution >= 4 is 21.8 Å². The van der Waals surface area contributed by atoms with Crippen LogP contribution < -0.4 is 5.32 Å². The van der Waals surface area contributed by atoms with Crippen LogP contribution in [0.3, 0.4) is 0 Å². The molecule has 2 N–H and O–H groups in total. The molecule has 1 aliphatic rings. The second kappa shape index (κ2) is 6.23. The van der Waals surface area contributed by atoms with Gasteiger partial charge in [0.15, 0.2) is 9.84 Å². The van der Waals surface area contributed by atoms with E-state index in [9.17, 15) is 18.0 Å². The van der Waals surface area contributed by atoms with Gasteiger partial charge in [-0.2, -0.15) is 0 Å². The number of carboxylic acids is 1. The second-order valence-electron chi connectivity index (χ2n) is 5.04. The van der Waals surface area contributed by atoms with E-state index in [0.29, 0.717) is 0 Å². The predicted molar refractivity (Wildman–Crippen MR) is 69.6 cm³/mol. The van der Waals surface area contributed by atoms with Crippen LogP contribution in [0.2, 0.25) is 0 Å². The minimum absolute atomic E-state index is 0.00595. The SMILES string of the molecule is CC(C)C(CC(=O)O)NC(=O)N1CCS(=O)(=O)CC1. The maximum absolute atomic E-state index is 11.9. The predicted octanol–water partition coefficient (Wildman–Crippen LogP) is -0.0743. The molecular weight excluding hydrogens is 272 g/mol. The first-order valence-electron chi connectivity index (χ1n) is 6.19. The van der Waals surface area contributed by atoms with Gasteiger partial charge in [-0.3, -0.25) is 4.79 Å². The molecule has 19 heavy (non-hydrogen) atoms. The highest BCUT2D eigenvalue weighted by atomic mass is 32.2. The van der Waals surface area contributed by atoms with Crippen molar-refractivity contribution in [3.05, 3.63) is 0 Å². The van der Waals surface area contributed by atoms with Crippen molar-refractivity contribution in [2.24, 2.45) is 5.92 Å². The number of carbonyl (C=O) groups is 2. The van der Waals surface area contributed by atoms with Gasteiger partial charge in [0.2, 0.25) is 0 Å². The van der Waals surface area contributed by atoms with Crippen molar-refractivity contribution in [1.82, 2.24) is 10.2 Å². The molecule has 0 saturated carbocycles. The van der Waals surface area contributed by atoms with Crippen LogP contribution in [-0.4, -0.2) is 61.1 Å². The first-order valence-corrected chi connectivity index (χ1v) is 8.01. The topological polar surface area (TPSA) is 104 Å². The smallest absolute Gasteiger partial charge is 0.317 e. The van der Waals surface area contributed by atoms with Crippen molar-refractivity contribution in [1.29, 1.82) is 0 Å². The lowest BCUT2D eigenvalue weighted by molar-refractivity contribution is -0.137. The number of sulfone groups is 1. The summed E-state index contributed by atoms with van der Waals surface area (Å²) in [6, 6.07) is -0.849. The maximum atomic E-state index is 11.9. The van der Waals surface area contributed by atoms with Gasteiger partial charge in [-0.1, -0.05) is 13.8 Å². The number of aliphatic carboxylic acids is 1. The van der Waals surface area contributed by atoms with Crippen molar-refractivity contribution in [2.75, 3.05) is 24.6 Å². The third kappa shape index (κ3) is 5.06. The largest absolute Gasteiger partial charge is 0.481 e. The van der Waals surface area contributed by atoms with E-state index in [4.69, 9.17) is 5.11 Å². The summed E-state index contributed by atoms with van der Waals surface area (Å²) in [7, 11) is -3.03. The average molecular weight is 292 g/mol. The van der Waals surface area contributed by atoms with Crippen molar-refractivity contribution in [2.45, 2.75) is 26.3 Å². The van der Waals surface area contributed by atoms with Crippen LogP contribution in [0.15, 0.2) is 0 Å². The second-order valence-corrected chi connectivity index (χ2v) is 7.34. The van der Waals surface area contributed by atoms with Gasteiger partial charge in [-0.05, 0) is 5.92 Å². The summed E-state index contributed by atoms with van der Waals surface area (Å²) in [4.78, 5) is 24.1. The Morgan fingerprint density at radius 2 is 1.79 bits per heavy atom. The molecule has 0 spiro atoms. The van der Waals surface area contributed by atoms with E-state index in [1.165, 1.54) is 4.90 Å². The van der Waals surface area contributed by atoms with Crippen molar-refractivity contribution in [3.63, 3.8) is 0 Å². The first kappa shape index (κ1) is 15.7. The number of carbonyl (C=O) groups excluding carboxylic acids is 1. The number of hydrogen-bond acceptors (Lipinski definition) is 4. The fraction of sp³-hybridized carbons (Fsp3) is 0.818. The molecule has 110 valence electrons. The lowest BCUT2D eigenvalue weighted by atomic mass is 10.0. The van der Waals surface area contributed by atoms with E-state index in [2.05, 4.69) is 5.32 Å². The zero-order valence-corrected chi connectivity index (χ0v) is 11.9. The number of nitrogens with zero attached hydrogens (tertiary/aromatic N) is 1. The molecule has 0 aromatic carbocycles. The Balaban J connectivity index is 2.55. The molecule has 1 atom stereocenters. The van der Waals surface area contributed by atoms with Gasteiger partial charge in [-0.15, -0.1) is 0 Å². The molecule has 8 heteroatoms. The lowest BCUT2D eigenvalue weighted by Gasteiger charge is -2.30. The Morgan fingerprint density at radius 1 is 1.26 bits per heavy atom. The summed E-state index contributed by atoms with van der Waals surface area (Å²) in [6.45, 7) is 3.97. The Labute approximate surface area is 112 Å². The van der Waals surface area contributed by atoms with E-state index in [-0.39, 0.29) is 36.9 Å². The van der Waals surface area contributed by atoms with E-state index in [0.717, 1.165) is 0 Å². The lowest BCUT2D eigenvalue weighted by Crippen LogP contribution is -2.52. The van der Waals surface area contributed by atoms with Crippen LogP contribution in [0.1, 0.15) is 20.3 Å². The summed E-state index contributed by atoms with van der Waals surface area (Å²) >= 11 is 0. The van der Waals surface area contributed by atoms with E-state index in [1.54, 1.807) is 0 Å². The number of nitrogens with one attached hydrogen (secondary N) is 1. The van der Waals surface area contributed by atoms with Gasteiger partial charge in [-0.25, -0.2) is 13.2 Å². The van der Waals surface area contributed by atoms with Crippen LogP contribution in [0, 0.1) is 5.92 Å². The summed E-state index contributed by atoms with van der Waals surface area (Å²) < 4.78 is 22.5. The summed E-state index contributed by atoms with van der Waals surface area (Å²) in [6.07, 6.45) is -0.143. The summed E-state index contributed by atoms with van der Waals surface area (Å²) in [5.74, 6) is -1.05. The molecule has 2 amide bonds. The Hall–Kier alpha value is -1.31. The van der Waals surface area contributed by atoms with Gasteiger partial charge in [0, 0.05) is 19.1 Å². The third-order valence-electron chi connectivity index (χ3n) is 3.14. The molecule has 1 aliphatic heterocycles. The number of amides is 2. The van der Waals surface area contributed by atoms with Gasteiger partial charge in [0.1, 0.15) is 0 Å². The molecule has 1 heterocycles. The Morgan fingerprint density at radius 3 is 2.21 bits per heavy atom. The molecule has 1 rings (SSSR count). The molecule has 0 radical (unpaired) electrons. The molecule has 0 aromatic rings. The molecular formula is C11H20N2O5S. The van der Waals surface area contributed by atoms with Crippen LogP contribution in [0.25, 0.3) is 0 Å². The number of urea groups is 1. The zero-order valence-electron chi connectivity index (χ0n) is 11.1. The monoisotopic (exact) mass is 292 g/mol. The minimum Gasteiger partial charge on any atom is -0.481 e. The highest BCUT2D eigenvalue weighted by Crippen LogP contribution is 2.09. The normalized spacial score (nSPS) is 20.1. The molecule has 0 aromatic heterocycles. The number of hydrogen-bond donors (Lipinski definition) is 2. The van der Waals surface area contributed by atoms with Gasteiger partial charge >= 0.3 is 12.0 Å². The van der Waals surface area contributed by atoms with Crippen molar-refractivity contribution < 1.29 is 23.1 Å². The van der Waals surface area contributed by atoms with E-state index < -0.39 is 27.9 Å². The zero-order chi connectivity index (χ0) is 14.6. The standard InChI is InChI=1S/C11H20N2O5S/c1-8(2)9(7-10(14)15)12-11(16)13-3-5-19(17,18)6-4-13/h8-9H,3-7H2,1-2H3,(H,12,16)(H,14,15). The summed E-state index contributed by atoms with van der Waals surface area (Å²) in [5.41, 5.74) is 0. The number of carboxylic acid groups (broad SMARTS) is 1. The van der Waals surface area contributed by atoms with Gasteiger partial charge in [0.25, 0.3) is 0 Å². The van der Waals surface area contributed by atoms with Crippen LogP contribution in [-0.2, 0) is 14.6 Å². The Kier molecular flexibility index (Phi) is 5.16. The highest BCUT2D eigenvalue weighted by Gasteiger charge is 2.27. The van der Waals surface area contributed by atoms with Crippen LogP contribution in [0.5, 0.6) is 0 Å².